The average molecular weight is 685 g/mol. The van der Waals surface area contributed by atoms with Crippen LogP contribution in [-0.2, 0) is 14.2 Å². The number of hydrogen-bond acceptors (Lipinski definition) is 10. The highest BCUT2D eigenvalue weighted by Gasteiger charge is 2.38. The van der Waals surface area contributed by atoms with Crippen molar-refractivity contribution in [3.8, 4) is 0 Å². The van der Waals surface area contributed by atoms with Crippen molar-refractivity contribution in [3.05, 3.63) is 46.9 Å². The minimum atomic E-state index is -1.05. The molecule has 0 bridgehead atoms. The van der Waals surface area contributed by atoms with Crippen LogP contribution in [0.4, 0.5) is 36.0 Å². The summed E-state index contributed by atoms with van der Waals surface area (Å²) < 4.78 is 31.5. The van der Waals surface area contributed by atoms with Gasteiger partial charge in [0.25, 0.3) is 0 Å². The van der Waals surface area contributed by atoms with Crippen molar-refractivity contribution in [2.24, 2.45) is 0 Å². The Morgan fingerprint density at radius 1 is 0.918 bits per heavy atom. The van der Waals surface area contributed by atoms with E-state index < -0.39 is 40.9 Å². The highest BCUT2D eigenvalue weighted by molar-refractivity contribution is 6.21. The first-order chi connectivity index (χ1) is 22.5. The maximum Gasteiger partial charge on any atom is 0.425 e. The van der Waals surface area contributed by atoms with Crippen molar-refractivity contribution in [2.45, 2.75) is 137 Å². The number of ether oxygens (including phenoxy) is 3. The molecule has 0 atom stereocenters. The van der Waals surface area contributed by atoms with Crippen LogP contribution in [0.5, 0.6) is 0 Å². The van der Waals surface area contributed by atoms with Gasteiger partial charge in [0.1, 0.15) is 22.6 Å². The van der Waals surface area contributed by atoms with Crippen LogP contribution in [0, 0.1) is 11.2 Å². The zero-order chi connectivity index (χ0) is 37.1. The zero-order valence-electron chi connectivity index (χ0n) is 30.7. The monoisotopic (exact) mass is 684 g/mol. The van der Waals surface area contributed by atoms with Crippen LogP contribution < -0.4 is 21.3 Å². The smallest absolute Gasteiger partial charge is 0.425 e. The second-order valence-corrected chi connectivity index (χ2v) is 15.7. The number of nitrogens with one attached hydrogen (secondary N) is 3. The van der Waals surface area contributed by atoms with Gasteiger partial charge in [-0.1, -0.05) is 6.07 Å². The normalized spacial score (nSPS) is 16.8. The molecule has 1 fully saturated rings. The van der Waals surface area contributed by atoms with Crippen molar-refractivity contribution in [1.29, 1.82) is 5.41 Å². The molecule has 0 unspecified atom stereocenters. The number of carbonyl (C=O) groups excluding carboxylic acids is 3. The number of alkyl carbamates (subject to hydrolysis) is 1. The Balaban J connectivity index is 2.22. The topological polar surface area (TPSA) is 169 Å². The number of carbonyl (C=O) groups is 3. The van der Waals surface area contributed by atoms with Crippen molar-refractivity contribution in [3.63, 3.8) is 0 Å². The van der Waals surface area contributed by atoms with Crippen LogP contribution in [0.15, 0.2) is 24.4 Å². The molecule has 1 aromatic heterocycles. The molecule has 1 heterocycles. The van der Waals surface area contributed by atoms with Crippen LogP contribution >= 0.6 is 0 Å². The molecule has 1 aliphatic rings. The lowest BCUT2D eigenvalue weighted by Crippen LogP contribution is -2.45. The number of nitrogen functional groups attached to an aromatic ring is 1. The highest BCUT2D eigenvalue weighted by Crippen LogP contribution is 2.42. The first-order valence-electron chi connectivity index (χ1n) is 16.6. The van der Waals surface area contributed by atoms with Crippen molar-refractivity contribution >= 4 is 41.2 Å². The summed E-state index contributed by atoms with van der Waals surface area (Å²) in [6, 6.07) is 3.72. The zero-order valence-corrected chi connectivity index (χ0v) is 30.7. The van der Waals surface area contributed by atoms with E-state index in [2.05, 4.69) is 15.6 Å². The lowest BCUT2D eigenvalue weighted by Gasteiger charge is -2.33. The maximum absolute atomic E-state index is 14.8. The van der Waals surface area contributed by atoms with Crippen LogP contribution in [0.2, 0.25) is 0 Å². The Kier molecular flexibility index (Phi) is 11.9. The number of anilines is 3. The number of imide groups is 1. The Bertz CT molecular complexity index is 1520. The molecule has 3 amide bonds. The predicted molar refractivity (Wildman–Crippen MR) is 189 cm³/mol. The fourth-order valence-corrected chi connectivity index (χ4v) is 5.39. The van der Waals surface area contributed by atoms with Gasteiger partial charge in [-0.15, -0.1) is 0 Å². The van der Waals surface area contributed by atoms with E-state index >= 15 is 0 Å². The molecule has 1 aromatic carbocycles. The van der Waals surface area contributed by atoms with Gasteiger partial charge in [-0.05, 0) is 125 Å². The molecule has 1 aliphatic carbocycles. The number of aromatic nitrogens is 1. The summed E-state index contributed by atoms with van der Waals surface area (Å²) in [6.45, 7) is 19.2. The molecule has 270 valence electrons. The molecule has 0 aliphatic heterocycles. The van der Waals surface area contributed by atoms with Crippen molar-refractivity contribution < 1.29 is 33.0 Å². The van der Waals surface area contributed by atoms with Crippen molar-refractivity contribution in [1.82, 2.24) is 10.3 Å². The Morgan fingerprint density at radius 2 is 1.45 bits per heavy atom. The number of pyridine rings is 1. The van der Waals surface area contributed by atoms with Gasteiger partial charge < -0.3 is 30.6 Å². The van der Waals surface area contributed by atoms with E-state index in [1.807, 2.05) is 34.6 Å². The van der Waals surface area contributed by atoms with Gasteiger partial charge in [0.2, 0.25) is 0 Å². The SMILES string of the molecule is CC(C)Nc1c(C2CCC(NC(=O)OC(C)(C)C)CC2)cnc(N(C(=O)OC(C)(C)C)C(=O)OC(C)(C)C)c1C(=N)c1ccc(N)c(F)c1. The van der Waals surface area contributed by atoms with Crippen LogP contribution in [0.1, 0.15) is 124 Å². The number of nitrogens with zero attached hydrogens (tertiary/aromatic N) is 2. The number of halogens is 1. The number of benzene rings is 1. The maximum atomic E-state index is 14.8. The third kappa shape index (κ3) is 11.0. The fraction of sp³-hybridized carbons (Fsp3) is 0.583. The van der Waals surface area contributed by atoms with E-state index in [4.69, 9.17) is 19.9 Å². The fourth-order valence-electron chi connectivity index (χ4n) is 5.39. The van der Waals surface area contributed by atoms with Crippen LogP contribution in [0.25, 0.3) is 0 Å². The van der Waals surface area contributed by atoms with Crippen LogP contribution in [0.3, 0.4) is 0 Å². The Hall–Kier alpha value is -4.42. The minimum absolute atomic E-state index is 0.0642. The van der Waals surface area contributed by atoms with Gasteiger partial charge >= 0.3 is 18.3 Å². The quantitative estimate of drug-likeness (QED) is 0.127. The molecule has 49 heavy (non-hydrogen) atoms. The average Bonchev–Trinajstić information content (AvgIpc) is 2.91. The summed E-state index contributed by atoms with van der Waals surface area (Å²) in [5.74, 6) is -0.998. The lowest BCUT2D eigenvalue weighted by molar-refractivity contribution is 0.0424. The second kappa shape index (κ2) is 15.0. The standard InChI is InChI=1S/C36H53FN6O6/c1-20(2)41-29-24(21-12-15-23(16-13-21)42-31(44)47-34(3,4)5)19-40-30(27(29)28(39)22-14-17-26(38)25(37)18-22)43(32(45)48-35(6,7)8)33(46)49-36(9,10)11/h14,17-21,23,39H,12-13,15-16,38H2,1-11H3,(H,40,41)(H,42,44). The largest absolute Gasteiger partial charge is 0.444 e. The summed E-state index contributed by atoms with van der Waals surface area (Å²) in [4.78, 5) is 45.3. The van der Waals surface area contributed by atoms with Crippen molar-refractivity contribution in [2.75, 3.05) is 16.0 Å². The predicted octanol–water partition coefficient (Wildman–Crippen LogP) is 8.27. The lowest BCUT2D eigenvalue weighted by atomic mass is 9.80. The third-order valence-electron chi connectivity index (χ3n) is 7.31. The summed E-state index contributed by atoms with van der Waals surface area (Å²) in [5.41, 5.74) is 4.30. The third-order valence-corrected chi connectivity index (χ3v) is 7.31. The van der Waals surface area contributed by atoms with E-state index in [0.717, 1.165) is 11.6 Å². The summed E-state index contributed by atoms with van der Waals surface area (Å²) in [7, 11) is 0. The molecular formula is C36H53FN6O6. The Morgan fingerprint density at radius 3 is 1.92 bits per heavy atom. The molecule has 0 saturated heterocycles. The molecule has 12 nitrogen and oxygen atoms in total. The molecule has 3 rings (SSSR count). The number of nitrogens with two attached hydrogens (primary N) is 1. The summed E-state index contributed by atoms with van der Waals surface area (Å²) in [6.07, 6.45) is 1.66. The van der Waals surface area contributed by atoms with Crippen LogP contribution in [-0.4, -0.2) is 57.9 Å². The molecule has 13 heteroatoms. The van der Waals surface area contributed by atoms with Gasteiger partial charge in [-0.2, -0.15) is 4.90 Å². The molecule has 1 saturated carbocycles. The number of hydrogen-bond donors (Lipinski definition) is 4. The molecule has 0 radical (unpaired) electrons. The van der Waals surface area contributed by atoms with Gasteiger partial charge in [0.15, 0.2) is 5.82 Å². The van der Waals surface area contributed by atoms with E-state index in [1.165, 1.54) is 12.1 Å². The van der Waals surface area contributed by atoms with E-state index in [0.29, 0.717) is 36.3 Å². The summed E-state index contributed by atoms with van der Waals surface area (Å²) >= 11 is 0. The van der Waals surface area contributed by atoms with E-state index in [1.54, 1.807) is 47.7 Å². The van der Waals surface area contributed by atoms with Gasteiger partial charge in [0, 0.05) is 23.8 Å². The van der Waals surface area contributed by atoms with E-state index in [9.17, 15) is 24.2 Å². The second-order valence-electron chi connectivity index (χ2n) is 15.7. The molecule has 0 spiro atoms. The van der Waals surface area contributed by atoms with Gasteiger partial charge in [0.05, 0.1) is 22.6 Å². The summed E-state index contributed by atoms with van der Waals surface area (Å²) in [5, 5.41) is 15.8. The first kappa shape index (κ1) is 39.0. The number of amides is 3. The molecule has 5 N–H and O–H groups in total. The van der Waals surface area contributed by atoms with E-state index in [-0.39, 0.29) is 46.3 Å². The first-order valence-corrected chi connectivity index (χ1v) is 16.6. The highest BCUT2D eigenvalue weighted by atomic mass is 19.1. The molecular weight excluding hydrogens is 631 g/mol. The van der Waals surface area contributed by atoms with Gasteiger partial charge in [-0.25, -0.2) is 23.8 Å². The minimum Gasteiger partial charge on any atom is -0.444 e. The molecule has 2 aromatic rings. The Labute approximate surface area is 289 Å². The van der Waals surface area contributed by atoms with Gasteiger partial charge in [-0.3, -0.25) is 5.41 Å². The number of rotatable bonds is 7.